The summed E-state index contributed by atoms with van der Waals surface area (Å²) in [5, 5.41) is 0. The van der Waals surface area contributed by atoms with Crippen molar-refractivity contribution >= 4 is 11.7 Å². The van der Waals surface area contributed by atoms with Crippen molar-refractivity contribution in [3.63, 3.8) is 0 Å². The Bertz CT molecular complexity index is 1100. The van der Waals surface area contributed by atoms with Crippen LogP contribution in [0.2, 0.25) is 0 Å². The molecule has 33 heavy (non-hydrogen) atoms. The number of hydrogen-bond acceptors (Lipinski definition) is 3. The minimum Gasteiger partial charge on any atom is -0.383 e. The molecule has 0 saturated heterocycles. The number of hydrogen-bond donors (Lipinski definition) is 1. The van der Waals surface area contributed by atoms with Crippen LogP contribution in [0.15, 0.2) is 66.9 Å². The van der Waals surface area contributed by atoms with E-state index in [1.165, 1.54) is 17.8 Å². The number of nitrogens with two attached hydrogens (primary N) is 1. The van der Waals surface area contributed by atoms with E-state index in [2.05, 4.69) is 25.8 Å². The van der Waals surface area contributed by atoms with E-state index < -0.39 is 11.7 Å². The minimum absolute atomic E-state index is 0.00168. The average molecular weight is 456 g/mol. The van der Waals surface area contributed by atoms with E-state index >= 15 is 0 Å². The van der Waals surface area contributed by atoms with E-state index in [1.807, 2.05) is 24.3 Å². The summed E-state index contributed by atoms with van der Waals surface area (Å²) >= 11 is 0. The van der Waals surface area contributed by atoms with Crippen molar-refractivity contribution in [1.82, 2.24) is 9.88 Å². The van der Waals surface area contributed by atoms with Gasteiger partial charge >= 0.3 is 6.18 Å². The molecule has 0 bridgehead atoms. The van der Waals surface area contributed by atoms with Gasteiger partial charge in [0, 0.05) is 19.3 Å². The van der Waals surface area contributed by atoms with Gasteiger partial charge in [0.05, 0.1) is 11.1 Å². The fraction of sp³-hybridized carbons (Fsp3) is 0.308. The molecule has 0 saturated carbocycles. The maximum Gasteiger partial charge on any atom is 0.416 e. The van der Waals surface area contributed by atoms with E-state index in [9.17, 15) is 18.0 Å². The molecule has 0 atom stereocenters. The number of pyridine rings is 1. The Kier molecular flexibility index (Phi) is 7.10. The summed E-state index contributed by atoms with van der Waals surface area (Å²) < 4.78 is 39.2. The highest BCUT2D eigenvalue weighted by molar-refractivity contribution is 5.98. The number of halogens is 3. The highest BCUT2D eigenvalue weighted by atomic mass is 19.4. The molecule has 3 aromatic rings. The highest BCUT2D eigenvalue weighted by Crippen LogP contribution is 2.30. The van der Waals surface area contributed by atoms with Gasteiger partial charge in [-0.3, -0.25) is 4.79 Å². The van der Waals surface area contributed by atoms with Gasteiger partial charge in [0.2, 0.25) is 0 Å². The van der Waals surface area contributed by atoms with Gasteiger partial charge in [0.15, 0.2) is 0 Å². The normalized spacial score (nSPS) is 11.9. The van der Waals surface area contributed by atoms with Crippen LogP contribution in [0.25, 0.3) is 0 Å². The molecule has 0 radical (unpaired) electrons. The molecule has 0 fully saturated rings. The van der Waals surface area contributed by atoms with Gasteiger partial charge in [-0.2, -0.15) is 13.2 Å². The van der Waals surface area contributed by atoms with Crippen LogP contribution in [0.1, 0.15) is 53.4 Å². The zero-order chi connectivity index (χ0) is 24.2. The van der Waals surface area contributed by atoms with Crippen molar-refractivity contribution in [3.8, 4) is 0 Å². The third kappa shape index (κ3) is 6.34. The number of carbonyl (C=O) groups is 1. The predicted octanol–water partition coefficient (Wildman–Crippen LogP) is 5.87. The van der Waals surface area contributed by atoms with Gasteiger partial charge in [0.1, 0.15) is 5.82 Å². The zero-order valence-electron chi connectivity index (χ0n) is 19.0. The Balaban J connectivity index is 1.84. The summed E-state index contributed by atoms with van der Waals surface area (Å²) in [5.41, 5.74) is 8.08. The SMILES string of the molecule is CC(C)(C)c1ccc(CN(CCc2cccc(C(F)(F)F)c2)C(=O)c2cccnc2N)cc1. The molecular weight excluding hydrogens is 427 g/mol. The zero-order valence-corrected chi connectivity index (χ0v) is 19.0. The Hall–Kier alpha value is -3.35. The van der Waals surface area contributed by atoms with Crippen molar-refractivity contribution < 1.29 is 18.0 Å². The second-order valence-electron chi connectivity index (χ2n) is 9.06. The van der Waals surface area contributed by atoms with Crippen LogP contribution in [0, 0.1) is 0 Å². The first-order valence-corrected chi connectivity index (χ1v) is 10.7. The third-order valence-electron chi connectivity index (χ3n) is 5.47. The molecule has 0 aliphatic rings. The molecule has 7 heteroatoms. The van der Waals surface area contributed by atoms with Crippen LogP contribution < -0.4 is 5.73 Å². The second-order valence-corrected chi connectivity index (χ2v) is 9.06. The molecule has 0 unspecified atom stereocenters. The number of nitrogens with zero attached hydrogens (tertiary/aromatic N) is 2. The number of aromatic nitrogens is 1. The summed E-state index contributed by atoms with van der Waals surface area (Å²) in [7, 11) is 0. The van der Waals surface area contributed by atoms with Gasteiger partial charge in [0.25, 0.3) is 5.91 Å². The van der Waals surface area contributed by atoms with Crippen molar-refractivity contribution in [2.45, 2.75) is 45.3 Å². The lowest BCUT2D eigenvalue weighted by Crippen LogP contribution is -2.33. The number of carbonyl (C=O) groups excluding carboxylic acids is 1. The van der Waals surface area contributed by atoms with Crippen LogP contribution in [0.3, 0.4) is 0 Å². The van der Waals surface area contributed by atoms with Gasteiger partial charge in [-0.15, -0.1) is 0 Å². The topological polar surface area (TPSA) is 59.2 Å². The van der Waals surface area contributed by atoms with Gasteiger partial charge < -0.3 is 10.6 Å². The number of nitrogen functional groups attached to an aromatic ring is 1. The summed E-state index contributed by atoms with van der Waals surface area (Å²) in [6, 6.07) is 16.4. The van der Waals surface area contributed by atoms with Crippen LogP contribution in [-0.4, -0.2) is 22.3 Å². The Labute approximate surface area is 192 Å². The molecule has 0 spiro atoms. The standard InChI is InChI=1S/C26H28F3N3O/c1-25(2,3)20-11-9-19(10-12-20)17-32(24(33)22-8-5-14-31-23(22)30)15-13-18-6-4-7-21(16-18)26(27,28)29/h4-12,14,16H,13,15,17H2,1-3H3,(H2,30,31). The summed E-state index contributed by atoms with van der Waals surface area (Å²) in [6.45, 7) is 6.90. The van der Waals surface area contributed by atoms with Crippen LogP contribution >= 0.6 is 0 Å². The van der Waals surface area contributed by atoms with Gasteiger partial charge in [-0.05, 0) is 46.7 Å². The number of alkyl halides is 3. The molecular formula is C26H28F3N3O. The van der Waals surface area contributed by atoms with E-state index in [4.69, 9.17) is 5.73 Å². The van der Waals surface area contributed by atoms with Gasteiger partial charge in [-0.25, -0.2) is 4.98 Å². The predicted molar refractivity (Wildman–Crippen MR) is 124 cm³/mol. The maximum atomic E-state index is 13.3. The van der Waals surface area contributed by atoms with Crippen molar-refractivity contribution in [3.05, 3.63) is 94.7 Å². The molecule has 1 amide bonds. The molecule has 1 aromatic heterocycles. The van der Waals surface area contributed by atoms with Crippen LogP contribution in [0.4, 0.5) is 19.0 Å². The highest BCUT2D eigenvalue weighted by Gasteiger charge is 2.30. The van der Waals surface area contributed by atoms with Crippen molar-refractivity contribution in [1.29, 1.82) is 0 Å². The average Bonchev–Trinajstić information content (AvgIpc) is 2.76. The second kappa shape index (κ2) is 9.65. The van der Waals surface area contributed by atoms with E-state index in [0.717, 1.165) is 17.7 Å². The fourth-order valence-electron chi connectivity index (χ4n) is 3.52. The molecule has 4 nitrogen and oxygen atoms in total. The van der Waals surface area contributed by atoms with E-state index in [1.54, 1.807) is 23.1 Å². The fourth-order valence-corrected chi connectivity index (χ4v) is 3.52. The summed E-state index contributed by atoms with van der Waals surface area (Å²) in [4.78, 5) is 18.9. The smallest absolute Gasteiger partial charge is 0.383 e. The largest absolute Gasteiger partial charge is 0.416 e. The number of rotatable bonds is 6. The molecule has 3 rings (SSSR count). The van der Waals surface area contributed by atoms with Gasteiger partial charge in [-0.1, -0.05) is 63.2 Å². The molecule has 0 aliphatic heterocycles. The summed E-state index contributed by atoms with van der Waals surface area (Å²) in [6.07, 6.45) is -2.63. The minimum atomic E-state index is -4.41. The van der Waals surface area contributed by atoms with Crippen molar-refractivity contribution in [2.24, 2.45) is 0 Å². The quantitative estimate of drug-likeness (QED) is 0.506. The first-order valence-electron chi connectivity index (χ1n) is 10.7. The number of anilines is 1. The summed E-state index contributed by atoms with van der Waals surface area (Å²) in [5.74, 6) is -0.192. The molecule has 0 aliphatic carbocycles. The Morgan fingerprint density at radius 2 is 1.64 bits per heavy atom. The first-order chi connectivity index (χ1) is 15.4. The molecule has 2 N–H and O–H groups in total. The molecule has 2 aromatic carbocycles. The third-order valence-corrected chi connectivity index (χ3v) is 5.47. The number of amides is 1. The Morgan fingerprint density at radius 1 is 0.939 bits per heavy atom. The van der Waals surface area contributed by atoms with Crippen molar-refractivity contribution in [2.75, 3.05) is 12.3 Å². The monoisotopic (exact) mass is 455 g/mol. The molecule has 174 valence electrons. The Morgan fingerprint density at radius 3 is 2.24 bits per heavy atom. The maximum absolute atomic E-state index is 13.3. The van der Waals surface area contributed by atoms with E-state index in [-0.39, 0.29) is 35.7 Å². The van der Waals surface area contributed by atoms with E-state index in [0.29, 0.717) is 12.1 Å². The first kappa shape index (κ1) is 24.3. The lowest BCUT2D eigenvalue weighted by Gasteiger charge is -2.25. The number of benzene rings is 2. The van der Waals surface area contributed by atoms with Crippen LogP contribution in [-0.2, 0) is 24.6 Å². The van der Waals surface area contributed by atoms with Crippen LogP contribution in [0.5, 0.6) is 0 Å². The molecule has 1 heterocycles. The lowest BCUT2D eigenvalue weighted by molar-refractivity contribution is -0.137. The lowest BCUT2D eigenvalue weighted by atomic mass is 9.87.